The van der Waals surface area contributed by atoms with Crippen LogP contribution in [0.25, 0.3) is 0 Å². The number of benzene rings is 5. The second kappa shape index (κ2) is 11.8. The molecule has 1 atom stereocenters. The van der Waals surface area contributed by atoms with Crippen molar-refractivity contribution in [3.63, 3.8) is 0 Å². The van der Waals surface area contributed by atoms with E-state index in [1.54, 1.807) is 0 Å². The predicted octanol–water partition coefficient (Wildman–Crippen LogP) is 11.0. The van der Waals surface area contributed by atoms with Crippen molar-refractivity contribution >= 4 is 0 Å². The highest BCUT2D eigenvalue weighted by Crippen LogP contribution is 2.49. The van der Waals surface area contributed by atoms with Gasteiger partial charge in [0.15, 0.2) is 0 Å². The first-order valence-electron chi connectivity index (χ1n) is 15.4. The molecule has 0 amide bonds. The van der Waals surface area contributed by atoms with Crippen LogP contribution >= 0.6 is 0 Å². The molecule has 0 heteroatoms. The van der Waals surface area contributed by atoms with E-state index < -0.39 is 0 Å². The Labute approximate surface area is 254 Å². The van der Waals surface area contributed by atoms with Crippen LogP contribution in [-0.2, 0) is 22.7 Å². The van der Waals surface area contributed by atoms with Gasteiger partial charge in [0.25, 0.3) is 0 Å². The summed E-state index contributed by atoms with van der Waals surface area (Å²) in [5, 5.41) is 0. The Hall–Kier alpha value is -3.90. The Kier molecular flexibility index (Phi) is 8.29. The van der Waals surface area contributed by atoms with E-state index in [4.69, 9.17) is 0 Å². The fourth-order valence-electron chi connectivity index (χ4n) is 6.94. The molecule has 0 radical (unpaired) electrons. The van der Waals surface area contributed by atoms with Crippen LogP contribution in [0.4, 0.5) is 0 Å². The molecule has 0 N–H and O–H groups in total. The van der Waals surface area contributed by atoms with Crippen molar-refractivity contribution < 1.29 is 0 Å². The summed E-state index contributed by atoms with van der Waals surface area (Å²) in [6.45, 7) is 16.9. The Morgan fingerprint density at radius 3 is 1.26 bits per heavy atom. The van der Waals surface area contributed by atoms with Gasteiger partial charge in [0.2, 0.25) is 0 Å². The summed E-state index contributed by atoms with van der Waals surface area (Å²) in [5.41, 5.74) is 10.5. The van der Waals surface area contributed by atoms with Gasteiger partial charge in [-0.05, 0) is 56.8 Å². The molecule has 214 valence electrons. The van der Waals surface area contributed by atoms with Crippen LogP contribution in [0.1, 0.15) is 98.9 Å². The highest BCUT2D eigenvalue weighted by molar-refractivity contribution is 5.59. The molecule has 42 heavy (non-hydrogen) atoms. The summed E-state index contributed by atoms with van der Waals surface area (Å²) >= 11 is 0. The Morgan fingerprint density at radius 2 is 0.810 bits per heavy atom. The Balaban J connectivity index is 1.86. The molecule has 0 bridgehead atoms. The SMILES string of the molecule is CC(Cc1ccc(C(C)(C)c2ccccc2)c(C(C)(C)c2ccccc2)c1C(C)(C)c1ccccc1)c1ccccc1. The molecule has 0 aliphatic heterocycles. The zero-order chi connectivity index (χ0) is 30.0. The molecular weight excluding hydrogens is 504 g/mol. The summed E-state index contributed by atoms with van der Waals surface area (Å²) in [6.07, 6.45) is 0.986. The molecule has 0 saturated carbocycles. The van der Waals surface area contributed by atoms with Gasteiger partial charge in [-0.1, -0.05) is 182 Å². The summed E-state index contributed by atoms with van der Waals surface area (Å²) in [5.74, 6) is 0.400. The van der Waals surface area contributed by atoms with Gasteiger partial charge in [0.1, 0.15) is 0 Å². The first-order chi connectivity index (χ1) is 20.0. The van der Waals surface area contributed by atoms with Crippen molar-refractivity contribution in [2.45, 2.75) is 77.0 Å². The van der Waals surface area contributed by atoms with E-state index in [1.807, 2.05) is 0 Å². The quantitative estimate of drug-likeness (QED) is 0.171. The monoisotopic (exact) mass is 550 g/mol. The molecule has 5 aromatic carbocycles. The molecule has 0 fully saturated rings. The molecule has 0 heterocycles. The van der Waals surface area contributed by atoms with Crippen molar-refractivity contribution in [2.24, 2.45) is 0 Å². The number of rotatable bonds is 9. The van der Waals surface area contributed by atoms with Crippen LogP contribution in [0.15, 0.2) is 133 Å². The fourth-order valence-corrected chi connectivity index (χ4v) is 6.94. The highest BCUT2D eigenvalue weighted by Gasteiger charge is 2.40. The van der Waals surface area contributed by atoms with Crippen LogP contribution in [0, 0.1) is 0 Å². The first-order valence-corrected chi connectivity index (χ1v) is 15.4. The zero-order valence-electron chi connectivity index (χ0n) is 26.5. The van der Waals surface area contributed by atoms with Crippen LogP contribution in [0.5, 0.6) is 0 Å². The van der Waals surface area contributed by atoms with Crippen LogP contribution < -0.4 is 0 Å². The summed E-state index contributed by atoms with van der Waals surface area (Å²) in [4.78, 5) is 0. The summed E-state index contributed by atoms with van der Waals surface area (Å²) < 4.78 is 0. The first kappa shape index (κ1) is 29.6. The topological polar surface area (TPSA) is 0 Å². The number of hydrogen-bond donors (Lipinski definition) is 0. The van der Waals surface area contributed by atoms with Crippen LogP contribution in [-0.4, -0.2) is 0 Å². The molecule has 0 aromatic heterocycles. The van der Waals surface area contributed by atoms with Gasteiger partial charge < -0.3 is 0 Å². The summed E-state index contributed by atoms with van der Waals surface area (Å²) in [7, 11) is 0. The van der Waals surface area contributed by atoms with Gasteiger partial charge in [-0.2, -0.15) is 0 Å². The van der Waals surface area contributed by atoms with Gasteiger partial charge in [-0.25, -0.2) is 0 Å². The van der Waals surface area contributed by atoms with Crippen molar-refractivity contribution in [3.05, 3.63) is 178 Å². The molecular formula is C42H46. The van der Waals surface area contributed by atoms with E-state index in [0.717, 1.165) is 6.42 Å². The van der Waals surface area contributed by atoms with Crippen molar-refractivity contribution in [2.75, 3.05) is 0 Å². The molecule has 0 aliphatic rings. The normalized spacial score (nSPS) is 13.1. The molecule has 0 nitrogen and oxygen atoms in total. The van der Waals surface area contributed by atoms with Gasteiger partial charge in [-0.3, -0.25) is 0 Å². The lowest BCUT2D eigenvalue weighted by Crippen LogP contribution is -2.34. The maximum atomic E-state index is 2.45. The standard InChI is InChI=1S/C42H46/c1-31(32-20-12-8-13-21-32)30-33-28-29-37(40(2,3)34-22-14-9-15-23-34)39(42(6,7)36-26-18-11-19-27-36)38(33)41(4,5)35-24-16-10-17-25-35/h8-29,31H,30H2,1-7H3. The van der Waals surface area contributed by atoms with Crippen molar-refractivity contribution in [3.8, 4) is 0 Å². The van der Waals surface area contributed by atoms with E-state index in [-0.39, 0.29) is 16.2 Å². The van der Waals surface area contributed by atoms with E-state index in [0.29, 0.717) is 5.92 Å². The maximum absolute atomic E-state index is 2.45. The van der Waals surface area contributed by atoms with E-state index in [2.05, 4.69) is 182 Å². The lowest BCUT2D eigenvalue weighted by atomic mass is 9.61. The lowest BCUT2D eigenvalue weighted by Gasteiger charge is -2.42. The molecule has 0 aliphatic carbocycles. The minimum atomic E-state index is -0.226. The lowest BCUT2D eigenvalue weighted by molar-refractivity contribution is 0.537. The van der Waals surface area contributed by atoms with Gasteiger partial charge in [0.05, 0.1) is 0 Å². The van der Waals surface area contributed by atoms with Gasteiger partial charge in [-0.15, -0.1) is 0 Å². The average Bonchev–Trinajstić information content (AvgIpc) is 3.02. The van der Waals surface area contributed by atoms with E-state index in [9.17, 15) is 0 Å². The molecule has 5 rings (SSSR count). The Bertz CT molecular complexity index is 1590. The minimum absolute atomic E-state index is 0.187. The second-order valence-electron chi connectivity index (χ2n) is 13.5. The average molecular weight is 551 g/mol. The van der Waals surface area contributed by atoms with Crippen molar-refractivity contribution in [1.29, 1.82) is 0 Å². The van der Waals surface area contributed by atoms with Crippen LogP contribution in [0.3, 0.4) is 0 Å². The highest BCUT2D eigenvalue weighted by atomic mass is 14.4. The summed E-state index contributed by atoms with van der Waals surface area (Å²) in [6, 6.07) is 49.1. The van der Waals surface area contributed by atoms with E-state index in [1.165, 1.54) is 44.5 Å². The maximum Gasteiger partial charge on any atom is 0.0152 e. The van der Waals surface area contributed by atoms with E-state index >= 15 is 0 Å². The molecule has 1 unspecified atom stereocenters. The van der Waals surface area contributed by atoms with Crippen LogP contribution in [0.2, 0.25) is 0 Å². The third-order valence-electron chi connectivity index (χ3n) is 9.60. The Morgan fingerprint density at radius 1 is 0.429 bits per heavy atom. The fraction of sp³-hybridized carbons (Fsp3) is 0.286. The van der Waals surface area contributed by atoms with Crippen molar-refractivity contribution in [1.82, 2.24) is 0 Å². The van der Waals surface area contributed by atoms with Gasteiger partial charge in [0, 0.05) is 16.2 Å². The van der Waals surface area contributed by atoms with Gasteiger partial charge >= 0.3 is 0 Å². The smallest absolute Gasteiger partial charge is 0.0152 e. The largest absolute Gasteiger partial charge is 0.0622 e. The molecule has 0 saturated heterocycles. The molecule has 0 spiro atoms. The molecule has 5 aromatic rings. The number of hydrogen-bond acceptors (Lipinski definition) is 0. The third-order valence-corrected chi connectivity index (χ3v) is 9.60. The predicted molar refractivity (Wildman–Crippen MR) is 181 cm³/mol. The minimum Gasteiger partial charge on any atom is -0.0622 e. The zero-order valence-corrected chi connectivity index (χ0v) is 26.5. The second-order valence-corrected chi connectivity index (χ2v) is 13.5. The third kappa shape index (κ3) is 5.60.